The zero-order valence-electron chi connectivity index (χ0n) is 17.6. The van der Waals surface area contributed by atoms with Crippen LogP contribution in [0.4, 0.5) is 5.82 Å². The molecule has 31 heavy (non-hydrogen) atoms. The predicted octanol–water partition coefficient (Wildman–Crippen LogP) is 2.72. The lowest BCUT2D eigenvalue weighted by atomic mass is 10.1. The number of aromatic nitrogens is 4. The monoisotopic (exact) mass is 421 g/mol. The van der Waals surface area contributed by atoms with E-state index in [-0.39, 0.29) is 6.61 Å². The molecule has 2 fully saturated rings. The second-order valence-electron chi connectivity index (χ2n) is 7.96. The van der Waals surface area contributed by atoms with Gasteiger partial charge in [-0.1, -0.05) is 30.3 Å². The largest absolute Gasteiger partial charge is 0.393 e. The van der Waals surface area contributed by atoms with Crippen molar-refractivity contribution in [3.8, 4) is 17.1 Å². The first-order valence-corrected chi connectivity index (χ1v) is 10.8. The third kappa shape index (κ3) is 4.19. The van der Waals surface area contributed by atoms with Crippen LogP contribution in [0.1, 0.15) is 36.4 Å². The van der Waals surface area contributed by atoms with E-state index in [4.69, 9.17) is 24.5 Å². The molecule has 1 atom stereocenters. The number of morpholine rings is 1. The molecule has 0 bridgehead atoms. The Bertz CT molecular complexity index is 1020. The number of benzene rings is 1. The maximum atomic E-state index is 9.79. The van der Waals surface area contributed by atoms with E-state index in [0.717, 1.165) is 48.7 Å². The average molecular weight is 422 g/mol. The lowest BCUT2D eigenvalue weighted by Gasteiger charge is -2.28. The minimum absolute atomic E-state index is 0.188. The Kier molecular flexibility index (Phi) is 5.67. The Morgan fingerprint density at radius 1 is 1.10 bits per heavy atom. The molecule has 1 saturated carbocycles. The summed E-state index contributed by atoms with van der Waals surface area (Å²) in [6, 6.07) is 14.3. The van der Waals surface area contributed by atoms with Crippen molar-refractivity contribution in [1.82, 2.24) is 19.7 Å². The summed E-state index contributed by atoms with van der Waals surface area (Å²) in [6.07, 6.45) is 1.73. The Balaban J connectivity index is 1.61. The van der Waals surface area contributed by atoms with Crippen LogP contribution in [0, 0.1) is 0 Å². The number of hydrogen-bond donors (Lipinski definition) is 1. The fourth-order valence-electron chi connectivity index (χ4n) is 3.91. The van der Waals surface area contributed by atoms with Crippen molar-refractivity contribution in [3.05, 3.63) is 54.0 Å². The lowest BCUT2D eigenvalue weighted by molar-refractivity contribution is 0.0422. The van der Waals surface area contributed by atoms with Gasteiger partial charge in [-0.2, -0.15) is 5.10 Å². The summed E-state index contributed by atoms with van der Waals surface area (Å²) in [5.41, 5.74) is 3.17. The van der Waals surface area contributed by atoms with Crippen molar-refractivity contribution < 1.29 is 14.6 Å². The molecule has 5 rings (SSSR count). The fourth-order valence-corrected chi connectivity index (χ4v) is 3.91. The summed E-state index contributed by atoms with van der Waals surface area (Å²) in [6.45, 7) is 2.66. The summed E-state index contributed by atoms with van der Waals surface area (Å²) in [7, 11) is 1.56. The number of rotatable bonds is 7. The molecule has 0 unspecified atom stereocenters. The number of aliphatic hydroxyl groups excluding tert-OH is 1. The van der Waals surface area contributed by atoms with Gasteiger partial charge in [0.1, 0.15) is 11.9 Å². The molecule has 1 aliphatic carbocycles. The molecule has 3 aromatic rings. The number of nitrogens with zero attached hydrogens (tertiary/aromatic N) is 5. The van der Waals surface area contributed by atoms with Gasteiger partial charge < -0.3 is 19.5 Å². The van der Waals surface area contributed by atoms with Crippen LogP contribution in [-0.4, -0.2) is 64.9 Å². The molecule has 1 N–H and O–H groups in total. The van der Waals surface area contributed by atoms with Gasteiger partial charge in [0.05, 0.1) is 25.5 Å². The van der Waals surface area contributed by atoms with Crippen molar-refractivity contribution in [3.63, 3.8) is 0 Å². The van der Waals surface area contributed by atoms with Gasteiger partial charge in [-0.25, -0.2) is 14.6 Å². The second kappa shape index (κ2) is 8.74. The zero-order valence-corrected chi connectivity index (χ0v) is 17.6. The molecule has 2 aliphatic rings. The number of hydrogen-bond acceptors (Lipinski definition) is 7. The molecule has 1 saturated heterocycles. The van der Waals surface area contributed by atoms with E-state index >= 15 is 0 Å². The Hall–Kier alpha value is -2.81. The first-order valence-electron chi connectivity index (χ1n) is 10.8. The highest BCUT2D eigenvalue weighted by Crippen LogP contribution is 2.42. The van der Waals surface area contributed by atoms with Gasteiger partial charge in [-0.3, -0.25) is 0 Å². The van der Waals surface area contributed by atoms with E-state index in [1.807, 2.05) is 28.9 Å². The van der Waals surface area contributed by atoms with E-state index in [9.17, 15) is 5.11 Å². The van der Waals surface area contributed by atoms with Crippen molar-refractivity contribution in [2.24, 2.45) is 0 Å². The standard InChI is InChI=1S/C23H27N5O3/c1-30-20(15-29)23-24-21(27-9-11-31-12-10-27)14-22(25-23)28-19(17-7-8-17)13-18(26-28)16-5-3-2-4-6-16/h2-6,13-14,17,20,29H,7-12,15H2,1H3/t20-/m0/s1. The van der Waals surface area contributed by atoms with Crippen molar-refractivity contribution >= 4 is 5.82 Å². The molecule has 0 amide bonds. The van der Waals surface area contributed by atoms with Gasteiger partial charge in [0.2, 0.25) is 0 Å². The summed E-state index contributed by atoms with van der Waals surface area (Å²) >= 11 is 0. The van der Waals surface area contributed by atoms with Gasteiger partial charge >= 0.3 is 0 Å². The third-order valence-electron chi connectivity index (χ3n) is 5.81. The molecular formula is C23H27N5O3. The van der Waals surface area contributed by atoms with Crippen LogP contribution in [-0.2, 0) is 9.47 Å². The summed E-state index contributed by atoms with van der Waals surface area (Å²) in [5.74, 6) is 2.46. The van der Waals surface area contributed by atoms with Crippen molar-refractivity contribution in [2.75, 3.05) is 44.9 Å². The van der Waals surface area contributed by atoms with Gasteiger partial charge in [-0.15, -0.1) is 0 Å². The van der Waals surface area contributed by atoms with Gasteiger partial charge in [-0.05, 0) is 18.9 Å². The molecule has 162 valence electrons. The van der Waals surface area contributed by atoms with Crippen LogP contribution < -0.4 is 4.90 Å². The lowest BCUT2D eigenvalue weighted by Crippen LogP contribution is -2.37. The van der Waals surface area contributed by atoms with E-state index in [1.165, 1.54) is 0 Å². The summed E-state index contributed by atoms with van der Waals surface area (Å²) in [5, 5.41) is 14.7. The number of methoxy groups -OCH3 is 1. The van der Waals surface area contributed by atoms with Gasteiger partial charge in [0.15, 0.2) is 11.6 Å². The number of aliphatic hydroxyl groups is 1. The molecule has 0 spiro atoms. The molecule has 8 nitrogen and oxygen atoms in total. The van der Waals surface area contributed by atoms with E-state index < -0.39 is 6.10 Å². The fraction of sp³-hybridized carbons (Fsp3) is 0.435. The molecule has 1 aromatic carbocycles. The first kappa shape index (κ1) is 20.1. The molecule has 0 radical (unpaired) electrons. The van der Waals surface area contributed by atoms with Crippen LogP contribution in [0.3, 0.4) is 0 Å². The van der Waals surface area contributed by atoms with Crippen LogP contribution in [0.5, 0.6) is 0 Å². The summed E-state index contributed by atoms with van der Waals surface area (Å²) in [4.78, 5) is 11.7. The van der Waals surface area contributed by atoms with Crippen LogP contribution in [0.2, 0.25) is 0 Å². The van der Waals surface area contributed by atoms with Gasteiger partial charge in [0.25, 0.3) is 0 Å². The molecule has 8 heteroatoms. The quantitative estimate of drug-likeness (QED) is 0.628. The van der Waals surface area contributed by atoms with Crippen LogP contribution in [0.25, 0.3) is 17.1 Å². The van der Waals surface area contributed by atoms with Crippen molar-refractivity contribution in [1.29, 1.82) is 0 Å². The summed E-state index contributed by atoms with van der Waals surface area (Å²) < 4.78 is 12.9. The molecule has 2 aromatic heterocycles. The highest BCUT2D eigenvalue weighted by Gasteiger charge is 2.30. The highest BCUT2D eigenvalue weighted by molar-refractivity contribution is 5.60. The van der Waals surface area contributed by atoms with E-state index in [2.05, 4.69) is 23.1 Å². The maximum absolute atomic E-state index is 9.79. The zero-order chi connectivity index (χ0) is 21.2. The Morgan fingerprint density at radius 3 is 2.52 bits per heavy atom. The third-order valence-corrected chi connectivity index (χ3v) is 5.81. The number of anilines is 1. The normalized spacial score (nSPS) is 17.7. The van der Waals surface area contributed by atoms with E-state index in [0.29, 0.717) is 30.8 Å². The second-order valence-corrected chi connectivity index (χ2v) is 7.96. The maximum Gasteiger partial charge on any atom is 0.164 e. The van der Waals surface area contributed by atoms with E-state index in [1.54, 1.807) is 7.11 Å². The minimum Gasteiger partial charge on any atom is -0.393 e. The van der Waals surface area contributed by atoms with Crippen molar-refractivity contribution in [2.45, 2.75) is 24.9 Å². The first-order chi connectivity index (χ1) is 15.3. The van der Waals surface area contributed by atoms with Gasteiger partial charge in [0, 0.05) is 43.4 Å². The number of ether oxygens (including phenoxy) is 2. The average Bonchev–Trinajstić information content (AvgIpc) is 3.58. The molecular weight excluding hydrogens is 394 g/mol. The predicted molar refractivity (Wildman–Crippen MR) is 116 cm³/mol. The Labute approximate surface area is 181 Å². The highest BCUT2D eigenvalue weighted by atomic mass is 16.5. The molecule has 1 aliphatic heterocycles. The Morgan fingerprint density at radius 2 is 1.84 bits per heavy atom. The van der Waals surface area contributed by atoms with Crippen LogP contribution in [0.15, 0.2) is 42.5 Å². The van der Waals surface area contributed by atoms with Crippen LogP contribution >= 0.6 is 0 Å². The SMILES string of the molecule is CO[C@@H](CO)c1nc(N2CCOCC2)cc(-n2nc(-c3ccccc3)cc2C2CC2)n1. The molecule has 3 heterocycles. The topological polar surface area (TPSA) is 85.5 Å². The smallest absolute Gasteiger partial charge is 0.164 e. The minimum atomic E-state index is -0.590.